The third kappa shape index (κ3) is 4.52. The Kier molecular flexibility index (Phi) is 6.31. The van der Waals surface area contributed by atoms with Crippen molar-refractivity contribution in [3.8, 4) is 0 Å². The van der Waals surface area contributed by atoms with Gasteiger partial charge >= 0.3 is 0 Å². The molecule has 2 rings (SSSR count). The van der Waals surface area contributed by atoms with Gasteiger partial charge in [0.15, 0.2) is 5.69 Å². The number of aromatic nitrogens is 3. The van der Waals surface area contributed by atoms with E-state index in [-0.39, 0.29) is 5.78 Å². The van der Waals surface area contributed by atoms with Crippen molar-refractivity contribution in [2.75, 3.05) is 0 Å². The van der Waals surface area contributed by atoms with Gasteiger partial charge in [-0.25, -0.2) is 0 Å². The standard InChI is InChI=1S/C18H25N3O/c1-3-4-5-6-7-8-9-16-17(20-21-19-16)18(22)15-12-10-14(2)11-13-15/h10-13H,3-9H2,1-2H3,(H,19,20,21). The Bertz CT molecular complexity index is 587. The minimum Gasteiger partial charge on any atom is -0.287 e. The van der Waals surface area contributed by atoms with Gasteiger partial charge in [-0.3, -0.25) is 4.79 Å². The maximum absolute atomic E-state index is 12.5. The predicted molar refractivity (Wildman–Crippen MR) is 88.1 cm³/mol. The molecule has 0 saturated carbocycles. The fraction of sp³-hybridized carbons (Fsp3) is 0.500. The van der Waals surface area contributed by atoms with Crippen LogP contribution in [0.3, 0.4) is 0 Å². The summed E-state index contributed by atoms with van der Waals surface area (Å²) in [6.45, 7) is 4.23. The fourth-order valence-corrected chi connectivity index (χ4v) is 2.52. The number of rotatable bonds is 9. The van der Waals surface area contributed by atoms with Crippen LogP contribution in [0.5, 0.6) is 0 Å². The molecule has 0 unspecified atom stereocenters. The molecule has 1 aromatic heterocycles. The summed E-state index contributed by atoms with van der Waals surface area (Å²) in [4.78, 5) is 12.5. The minimum absolute atomic E-state index is 0.0465. The van der Waals surface area contributed by atoms with E-state index in [0.29, 0.717) is 11.3 Å². The largest absolute Gasteiger partial charge is 0.287 e. The summed E-state index contributed by atoms with van der Waals surface area (Å²) < 4.78 is 0. The van der Waals surface area contributed by atoms with Gasteiger partial charge in [0, 0.05) is 5.56 Å². The Morgan fingerprint density at radius 1 is 1.00 bits per heavy atom. The second kappa shape index (κ2) is 8.47. The molecule has 1 aromatic carbocycles. The zero-order valence-corrected chi connectivity index (χ0v) is 13.6. The lowest BCUT2D eigenvalue weighted by atomic mass is 10.0. The number of aryl methyl sites for hydroxylation is 2. The van der Waals surface area contributed by atoms with Crippen LogP contribution >= 0.6 is 0 Å². The van der Waals surface area contributed by atoms with Crippen molar-refractivity contribution in [1.29, 1.82) is 0 Å². The first-order valence-corrected chi connectivity index (χ1v) is 8.23. The molecule has 0 bridgehead atoms. The zero-order chi connectivity index (χ0) is 15.8. The van der Waals surface area contributed by atoms with Gasteiger partial charge in [-0.15, -0.1) is 0 Å². The highest BCUT2D eigenvalue weighted by molar-refractivity contribution is 6.08. The summed E-state index contributed by atoms with van der Waals surface area (Å²) in [6.07, 6.45) is 8.18. The molecular formula is C18H25N3O. The molecule has 1 heterocycles. The maximum Gasteiger partial charge on any atom is 0.215 e. The molecule has 22 heavy (non-hydrogen) atoms. The predicted octanol–water partition coefficient (Wildman–Crippen LogP) is 4.25. The SMILES string of the molecule is CCCCCCCCc1n[nH]nc1C(=O)c1ccc(C)cc1. The van der Waals surface area contributed by atoms with Crippen molar-refractivity contribution in [1.82, 2.24) is 15.4 Å². The van der Waals surface area contributed by atoms with Gasteiger partial charge in [0.2, 0.25) is 5.78 Å². The van der Waals surface area contributed by atoms with Gasteiger partial charge in [-0.1, -0.05) is 68.9 Å². The Labute approximate surface area is 132 Å². The van der Waals surface area contributed by atoms with Crippen molar-refractivity contribution in [2.24, 2.45) is 0 Å². The molecule has 0 amide bonds. The van der Waals surface area contributed by atoms with Crippen LogP contribution < -0.4 is 0 Å². The van der Waals surface area contributed by atoms with Crippen LogP contribution in [0.25, 0.3) is 0 Å². The number of hydrogen-bond acceptors (Lipinski definition) is 3. The molecule has 4 heteroatoms. The summed E-state index contributed by atoms with van der Waals surface area (Å²) in [7, 11) is 0. The molecule has 0 aliphatic carbocycles. The molecule has 118 valence electrons. The van der Waals surface area contributed by atoms with Gasteiger partial charge in [0.05, 0.1) is 5.69 Å². The van der Waals surface area contributed by atoms with Gasteiger partial charge in [-0.05, 0) is 19.8 Å². The number of benzene rings is 1. The topological polar surface area (TPSA) is 58.6 Å². The second-order valence-corrected chi connectivity index (χ2v) is 5.83. The molecule has 0 spiro atoms. The lowest BCUT2D eigenvalue weighted by Crippen LogP contribution is -2.06. The third-order valence-electron chi connectivity index (χ3n) is 3.92. The van der Waals surface area contributed by atoms with E-state index >= 15 is 0 Å². The number of ketones is 1. The van der Waals surface area contributed by atoms with E-state index in [1.165, 1.54) is 32.1 Å². The molecule has 0 radical (unpaired) electrons. The van der Waals surface area contributed by atoms with Crippen LogP contribution in [0.15, 0.2) is 24.3 Å². The van der Waals surface area contributed by atoms with Crippen molar-refractivity contribution < 1.29 is 4.79 Å². The van der Waals surface area contributed by atoms with Crippen molar-refractivity contribution in [2.45, 2.75) is 58.8 Å². The smallest absolute Gasteiger partial charge is 0.215 e. The number of hydrogen-bond donors (Lipinski definition) is 1. The molecule has 2 aromatic rings. The Balaban J connectivity index is 1.91. The molecule has 0 aliphatic rings. The highest BCUT2D eigenvalue weighted by atomic mass is 16.1. The van der Waals surface area contributed by atoms with E-state index in [2.05, 4.69) is 22.3 Å². The lowest BCUT2D eigenvalue weighted by molar-refractivity contribution is 0.103. The first-order chi connectivity index (χ1) is 10.7. The van der Waals surface area contributed by atoms with Gasteiger partial charge < -0.3 is 0 Å². The highest BCUT2D eigenvalue weighted by Gasteiger charge is 2.17. The second-order valence-electron chi connectivity index (χ2n) is 5.83. The number of aromatic amines is 1. The van der Waals surface area contributed by atoms with Crippen LogP contribution in [-0.2, 0) is 6.42 Å². The number of carbonyl (C=O) groups is 1. The van der Waals surface area contributed by atoms with E-state index in [1.807, 2.05) is 31.2 Å². The number of carbonyl (C=O) groups excluding carboxylic acids is 1. The van der Waals surface area contributed by atoms with Crippen LogP contribution in [0, 0.1) is 6.92 Å². The third-order valence-corrected chi connectivity index (χ3v) is 3.92. The first kappa shape index (κ1) is 16.4. The van der Waals surface area contributed by atoms with Crippen LogP contribution in [-0.4, -0.2) is 21.2 Å². The molecular weight excluding hydrogens is 274 g/mol. The van der Waals surface area contributed by atoms with Crippen LogP contribution in [0.2, 0.25) is 0 Å². The number of unbranched alkanes of at least 4 members (excludes halogenated alkanes) is 5. The average molecular weight is 299 g/mol. The number of H-pyrrole nitrogens is 1. The summed E-state index contributed by atoms with van der Waals surface area (Å²) in [5, 5.41) is 10.8. The highest BCUT2D eigenvalue weighted by Crippen LogP contribution is 2.14. The summed E-state index contributed by atoms with van der Waals surface area (Å²) >= 11 is 0. The number of nitrogens with one attached hydrogen (secondary N) is 1. The summed E-state index contributed by atoms with van der Waals surface area (Å²) in [5.74, 6) is -0.0465. The molecule has 0 saturated heterocycles. The number of nitrogens with zero attached hydrogens (tertiary/aromatic N) is 2. The van der Waals surface area contributed by atoms with Crippen molar-refractivity contribution in [3.05, 3.63) is 46.8 Å². The van der Waals surface area contributed by atoms with E-state index < -0.39 is 0 Å². The van der Waals surface area contributed by atoms with E-state index in [9.17, 15) is 4.79 Å². The van der Waals surface area contributed by atoms with E-state index in [4.69, 9.17) is 0 Å². The monoisotopic (exact) mass is 299 g/mol. The molecule has 0 aliphatic heterocycles. The maximum atomic E-state index is 12.5. The van der Waals surface area contributed by atoms with E-state index in [0.717, 1.165) is 24.1 Å². The summed E-state index contributed by atoms with van der Waals surface area (Å²) in [6, 6.07) is 7.59. The fourth-order valence-electron chi connectivity index (χ4n) is 2.52. The Morgan fingerprint density at radius 3 is 2.41 bits per heavy atom. The minimum atomic E-state index is -0.0465. The Hall–Kier alpha value is -1.97. The molecule has 0 atom stereocenters. The van der Waals surface area contributed by atoms with Crippen LogP contribution in [0.4, 0.5) is 0 Å². The molecule has 4 nitrogen and oxygen atoms in total. The Morgan fingerprint density at radius 2 is 1.68 bits per heavy atom. The van der Waals surface area contributed by atoms with Gasteiger partial charge in [0.1, 0.15) is 0 Å². The average Bonchev–Trinajstić information content (AvgIpc) is 2.99. The molecule has 0 fully saturated rings. The zero-order valence-electron chi connectivity index (χ0n) is 13.6. The van der Waals surface area contributed by atoms with Crippen molar-refractivity contribution in [3.63, 3.8) is 0 Å². The van der Waals surface area contributed by atoms with Gasteiger partial charge in [0.25, 0.3) is 0 Å². The quantitative estimate of drug-likeness (QED) is 0.556. The summed E-state index contributed by atoms with van der Waals surface area (Å²) in [5.41, 5.74) is 3.08. The molecule has 1 N–H and O–H groups in total. The van der Waals surface area contributed by atoms with E-state index in [1.54, 1.807) is 0 Å². The van der Waals surface area contributed by atoms with Crippen molar-refractivity contribution >= 4 is 5.78 Å². The van der Waals surface area contributed by atoms with Gasteiger partial charge in [-0.2, -0.15) is 15.4 Å². The van der Waals surface area contributed by atoms with Crippen LogP contribution in [0.1, 0.15) is 72.8 Å². The normalized spacial score (nSPS) is 10.8. The first-order valence-electron chi connectivity index (χ1n) is 8.23. The lowest BCUT2D eigenvalue weighted by Gasteiger charge is -2.02.